The fourth-order valence-electron chi connectivity index (χ4n) is 3.32. The molecule has 0 unspecified atom stereocenters. The molecule has 0 fully saturated rings. The standard InChI is InChI=1S/C23H26N4O4/c1-14(21-18-11-6-15(23(30)31-5)12-19(18)25-22(21)29)24-16-7-9-17(10-8-16)27(4)20(28)13-26(2)3/h6-12,25,29H,13H2,1-5H3. The number of aromatic nitrogens is 1. The Labute approximate surface area is 180 Å². The summed E-state index contributed by atoms with van der Waals surface area (Å²) in [4.78, 5) is 34.9. The quantitative estimate of drug-likeness (QED) is 0.469. The van der Waals surface area contributed by atoms with Crippen molar-refractivity contribution in [1.29, 1.82) is 0 Å². The summed E-state index contributed by atoms with van der Waals surface area (Å²) in [6.07, 6.45) is 0. The molecule has 0 bridgehead atoms. The van der Waals surface area contributed by atoms with Gasteiger partial charge >= 0.3 is 5.97 Å². The number of aromatic hydroxyl groups is 1. The molecule has 0 aliphatic rings. The molecule has 31 heavy (non-hydrogen) atoms. The summed E-state index contributed by atoms with van der Waals surface area (Å²) in [6.45, 7) is 2.13. The van der Waals surface area contributed by atoms with Gasteiger partial charge in [0.05, 0.1) is 36.2 Å². The lowest BCUT2D eigenvalue weighted by atomic mass is 10.1. The van der Waals surface area contributed by atoms with Crippen LogP contribution >= 0.6 is 0 Å². The van der Waals surface area contributed by atoms with Crippen LogP contribution < -0.4 is 4.90 Å². The lowest BCUT2D eigenvalue weighted by Crippen LogP contribution is -2.34. The molecule has 1 heterocycles. The fourth-order valence-corrected chi connectivity index (χ4v) is 3.32. The number of nitrogens with one attached hydrogen (secondary N) is 1. The van der Waals surface area contributed by atoms with Gasteiger partial charge < -0.3 is 24.6 Å². The molecule has 0 aliphatic heterocycles. The summed E-state index contributed by atoms with van der Waals surface area (Å²) in [7, 11) is 6.76. The van der Waals surface area contributed by atoms with Crippen molar-refractivity contribution < 1.29 is 19.4 Å². The largest absolute Gasteiger partial charge is 0.494 e. The number of hydrogen-bond donors (Lipinski definition) is 2. The number of fused-ring (bicyclic) bond motifs is 1. The molecule has 0 atom stereocenters. The number of aromatic amines is 1. The Bertz CT molecular complexity index is 1150. The van der Waals surface area contributed by atoms with E-state index in [1.54, 1.807) is 37.1 Å². The Hall–Kier alpha value is -3.65. The molecule has 0 aliphatic carbocycles. The molecular formula is C23H26N4O4. The van der Waals surface area contributed by atoms with Gasteiger partial charge in [-0.2, -0.15) is 0 Å². The molecule has 2 aromatic carbocycles. The molecule has 0 saturated carbocycles. The highest BCUT2D eigenvalue weighted by Crippen LogP contribution is 2.30. The highest BCUT2D eigenvalue weighted by Gasteiger charge is 2.16. The van der Waals surface area contributed by atoms with Crippen LogP contribution in [0.1, 0.15) is 22.8 Å². The number of likely N-dealkylation sites (N-methyl/N-ethyl adjacent to an activating group) is 2. The zero-order valence-corrected chi connectivity index (χ0v) is 18.3. The molecule has 3 aromatic rings. The van der Waals surface area contributed by atoms with Crippen molar-refractivity contribution in [3.63, 3.8) is 0 Å². The lowest BCUT2D eigenvalue weighted by Gasteiger charge is -2.19. The monoisotopic (exact) mass is 422 g/mol. The predicted octanol–water partition coefficient (Wildman–Crippen LogP) is 3.33. The van der Waals surface area contributed by atoms with E-state index in [0.29, 0.717) is 34.6 Å². The van der Waals surface area contributed by atoms with Crippen LogP contribution in [-0.2, 0) is 9.53 Å². The number of anilines is 1. The molecule has 162 valence electrons. The maximum atomic E-state index is 12.2. The smallest absolute Gasteiger partial charge is 0.337 e. The van der Waals surface area contributed by atoms with E-state index in [1.807, 2.05) is 43.3 Å². The van der Waals surface area contributed by atoms with Crippen molar-refractivity contribution in [2.24, 2.45) is 4.99 Å². The van der Waals surface area contributed by atoms with Gasteiger partial charge in [0.15, 0.2) is 5.88 Å². The van der Waals surface area contributed by atoms with Gasteiger partial charge in [-0.3, -0.25) is 9.79 Å². The zero-order valence-electron chi connectivity index (χ0n) is 18.3. The SMILES string of the molecule is COC(=O)c1ccc2c(C(C)=Nc3ccc(N(C)C(=O)CN(C)C)cc3)c(O)[nH]c2c1. The van der Waals surface area contributed by atoms with Crippen LogP contribution in [0.4, 0.5) is 11.4 Å². The summed E-state index contributed by atoms with van der Waals surface area (Å²) in [5.74, 6) is -0.478. The summed E-state index contributed by atoms with van der Waals surface area (Å²) >= 11 is 0. The molecule has 1 amide bonds. The van der Waals surface area contributed by atoms with Gasteiger partial charge in [-0.1, -0.05) is 6.07 Å². The summed E-state index contributed by atoms with van der Waals surface area (Å²) in [5, 5.41) is 11.2. The van der Waals surface area contributed by atoms with Crippen molar-refractivity contribution >= 4 is 39.9 Å². The Balaban J connectivity index is 1.87. The number of carbonyl (C=O) groups is 2. The maximum absolute atomic E-state index is 12.2. The molecule has 2 N–H and O–H groups in total. The first kappa shape index (κ1) is 22.0. The number of ether oxygens (including phenoxy) is 1. The normalized spacial score (nSPS) is 11.7. The van der Waals surface area contributed by atoms with Gasteiger partial charge in [0.25, 0.3) is 0 Å². The molecule has 1 aromatic heterocycles. The molecule has 3 rings (SSSR count). The van der Waals surface area contributed by atoms with Crippen molar-refractivity contribution in [3.05, 3.63) is 53.6 Å². The van der Waals surface area contributed by atoms with Crippen LogP contribution in [0.5, 0.6) is 5.88 Å². The Morgan fingerprint density at radius 1 is 1.10 bits per heavy atom. The minimum atomic E-state index is -0.447. The van der Waals surface area contributed by atoms with Crippen LogP contribution in [0.25, 0.3) is 10.9 Å². The first-order valence-corrected chi connectivity index (χ1v) is 9.71. The van der Waals surface area contributed by atoms with Gasteiger partial charge in [0.1, 0.15) is 0 Å². The Morgan fingerprint density at radius 2 is 1.77 bits per heavy atom. The summed E-state index contributed by atoms with van der Waals surface area (Å²) < 4.78 is 4.74. The van der Waals surface area contributed by atoms with E-state index in [9.17, 15) is 14.7 Å². The third-order valence-electron chi connectivity index (χ3n) is 4.92. The molecule has 0 radical (unpaired) electrons. The van der Waals surface area contributed by atoms with Crippen molar-refractivity contribution in [2.45, 2.75) is 6.92 Å². The van der Waals surface area contributed by atoms with Crippen molar-refractivity contribution in [3.8, 4) is 5.88 Å². The van der Waals surface area contributed by atoms with E-state index in [0.717, 1.165) is 11.1 Å². The number of methoxy groups -OCH3 is 1. The van der Waals surface area contributed by atoms with Gasteiger partial charge in [0, 0.05) is 23.6 Å². The minimum absolute atomic E-state index is 0.00697. The van der Waals surface area contributed by atoms with E-state index in [4.69, 9.17) is 4.74 Å². The number of aliphatic imine (C=N–C) groups is 1. The molecule has 0 saturated heterocycles. The van der Waals surface area contributed by atoms with E-state index in [1.165, 1.54) is 7.11 Å². The van der Waals surface area contributed by atoms with Crippen LogP contribution in [0, 0.1) is 0 Å². The molecule has 8 nitrogen and oxygen atoms in total. The number of rotatable bonds is 6. The number of H-pyrrole nitrogens is 1. The van der Waals surface area contributed by atoms with E-state index >= 15 is 0 Å². The first-order chi connectivity index (χ1) is 14.7. The number of esters is 1. The maximum Gasteiger partial charge on any atom is 0.337 e. The molecule has 0 spiro atoms. The third kappa shape index (κ3) is 4.75. The van der Waals surface area contributed by atoms with E-state index < -0.39 is 5.97 Å². The van der Waals surface area contributed by atoms with Crippen molar-refractivity contribution in [2.75, 3.05) is 39.7 Å². The Morgan fingerprint density at radius 3 is 2.39 bits per heavy atom. The topological polar surface area (TPSA) is 98.2 Å². The molecule has 8 heteroatoms. The van der Waals surface area contributed by atoms with Crippen molar-refractivity contribution in [1.82, 2.24) is 9.88 Å². The van der Waals surface area contributed by atoms with Gasteiger partial charge in [-0.05, 0) is 57.4 Å². The molecular weight excluding hydrogens is 396 g/mol. The summed E-state index contributed by atoms with van der Waals surface area (Å²) in [6, 6.07) is 12.3. The average Bonchev–Trinajstić information content (AvgIpc) is 3.07. The average molecular weight is 422 g/mol. The number of nitrogens with zero attached hydrogens (tertiary/aromatic N) is 3. The van der Waals surface area contributed by atoms with Crippen LogP contribution in [0.2, 0.25) is 0 Å². The lowest BCUT2D eigenvalue weighted by molar-refractivity contribution is -0.118. The predicted molar refractivity (Wildman–Crippen MR) is 122 cm³/mol. The number of carbonyl (C=O) groups excluding carboxylic acids is 2. The fraction of sp³-hybridized carbons (Fsp3) is 0.261. The zero-order chi connectivity index (χ0) is 22.7. The second kappa shape index (κ2) is 9.01. The van der Waals surface area contributed by atoms with E-state index in [2.05, 4.69) is 9.98 Å². The third-order valence-corrected chi connectivity index (χ3v) is 4.92. The number of benzene rings is 2. The number of hydrogen-bond acceptors (Lipinski definition) is 6. The van der Waals surface area contributed by atoms with Gasteiger partial charge in [-0.25, -0.2) is 4.79 Å². The Kier molecular flexibility index (Phi) is 6.41. The summed E-state index contributed by atoms with van der Waals surface area (Å²) in [5.41, 5.74) is 3.64. The highest BCUT2D eigenvalue weighted by molar-refractivity contribution is 6.13. The van der Waals surface area contributed by atoms with Crippen LogP contribution in [0.3, 0.4) is 0 Å². The first-order valence-electron chi connectivity index (χ1n) is 9.71. The van der Waals surface area contributed by atoms with Crippen LogP contribution in [0.15, 0.2) is 47.5 Å². The second-order valence-corrected chi connectivity index (χ2v) is 7.50. The van der Waals surface area contributed by atoms with E-state index in [-0.39, 0.29) is 11.8 Å². The highest BCUT2D eigenvalue weighted by atomic mass is 16.5. The van der Waals surface area contributed by atoms with Crippen LogP contribution in [-0.4, -0.2) is 67.4 Å². The van der Waals surface area contributed by atoms with Gasteiger partial charge in [-0.15, -0.1) is 0 Å². The minimum Gasteiger partial charge on any atom is -0.494 e. The number of amides is 1. The second-order valence-electron chi connectivity index (χ2n) is 7.50. The van der Waals surface area contributed by atoms with Gasteiger partial charge in [0.2, 0.25) is 5.91 Å².